The van der Waals surface area contributed by atoms with Crippen molar-refractivity contribution in [2.45, 2.75) is 76.7 Å². The molecular weight excluding hydrogens is 773 g/mol. The normalized spacial score (nSPS) is 18.2. The van der Waals surface area contributed by atoms with Crippen LogP contribution in [-0.4, -0.2) is 93.4 Å². The summed E-state index contributed by atoms with van der Waals surface area (Å²) in [6.45, 7) is 4.55. The monoisotopic (exact) mass is 823 g/mol. The predicted molar refractivity (Wildman–Crippen MR) is 221 cm³/mol. The van der Waals surface area contributed by atoms with Gasteiger partial charge in [-0.05, 0) is 99.8 Å². The van der Waals surface area contributed by atoms with E-state index in [4.69, 9.17) is 9.47 Å². The van der Waals surface area contributed by atoms with Crippen LogP contribution in [0.3, 0.4) is 0 Å². The number of unbranched alkanes of at least 4 members (excludes halogenated alkanes) is 3. The van der Waals surface area contributed by atoms with Gasteiger partial charge in [0.2, 0.25) is 5.91 Å². The molecule has 0 bridgehead atoms. The molecule has 1 saturated carbocycles. The molecule has 3 aromatic heterocycles. The molecule has 60 heavy (non-hydrogen) atoms. The van der Waals surface area contributed by atoms with Gasteiger partial charge >= 0.3 is 0 Å². The molecule has 1 saturated heterocycles. The third-order valence-electron chi connectivity index (χ3n) is 11.7. The van der Waals surface area contributed by atoms with Gasteiger partial charge in [0.1, 0.15) is 22.9 Å². The van der Waals surface area contributed by atoms with Crippen molar-refractivity contribution in [1.29, 1.82) is 0 Å². The molecule has 5 aromatic rings. The molecule has 14 nitrogen and oxygen atoms in total. The number of fused-ring (bicyclic) bond motifs is 2. The second-order valence-corrected chi connectivity index (χ2v) is 16.1. The maximum absolute atomic E-state index is 14.2. The molecule has 0 spiro atoms. The van der Waals surface area contributed by atoms with E-state index in [-0.39, 0.29) is 29.6 Å². The van der Waals surface area contributed by atoms with E-state index in [1.165, 1.54) is 16.3 Å². The van der Waals surface area contributed by atoms with Crippen LogP contribution in [-0.2, 0) is 22.4 Å². The maximum Gasteiger partial charge on any atom is 0.284 e. The number of benzene rings is 2. The second kappa shape index (κ2) is 18.7. The number of morpholine rings is 1. The van der Waals surface area contributed by atoms with E-state index < -0.39 is 23.9 Å². The summed E-state index contributed by atoms with van der Waals surface area (Å²) in [6.07, 6.45) is 10.9. The summed E-state index contributed by atoms with van der Waals surface area (Å²) in [7, 11) is 2.17. The minimum absolute atomic E-state index is 0.00114. The predicted octanol–water partition coefficient (Wildman–Crippen LogP) is 7.02. The van der Waals surface area contributed by atoms with Crippen molar-refractivity contribution in [3.63, 3.8) is 0 Å². The van der Waals surface area contributed by atoms with Crippen molar-refractivity contribution in [3.8, 4) is 11.5 Å². The Balaban J connectivity index is 0.760. The third kappa shape index (κ3) is 9.65. The first-order chi connectivity index (χ1) is 29.2. The van der Waals surface area contributed by atoms with Crippen molar-refractivity contribution in [2.75, 3.05) is 56.7 Å². The van der Waals surface area contributed by atoms with Gasteiger partial charge in [-0.1, -0.05) is 37.1 Å². The van der Waals surface area contributed by atoms with Crippen LogP contribution in [0.15, 0.2) is 67.1 Å². The summed E-state index contributed by atoms with van der Waals surface area (Å²) in [5.41, 5.74) is 2.36. The fourth-order valence-electron chi connectivity index (χ4n) is 8.58. The molecule has 0 unspecified atom stereocenters. The van der Waals surface area contributed by atoms with Crippen LogP contribution in [0, 0.1) is 5.92 Å². The highest BCUT2D eigenvalue weighted by Gasteiger charge is 2.29. The number of hydrogen-bond donors (Lipinski definition) is 2. The smallest absolute Gasteiger partial charge is 0.284 e. The minimum Gasteiger partial charge on any atom is -0.457 e. The van der Waals surface area contributed by atoms with Crippen LogP contribution in [0.25, 0.3) is 5.65 Å². The van der Waals surface area contributed by atoms with Crippen molar-refractivity contribution >= 4 is 34.9 Å². The number of imide groups is 1. The van der Waals surface area contributed by atoms with E-state index in [1.807, 2.05) is 24.3 Å². The lowest BCUT2D eigenvalue weighted by Gasteiger charge is -2.31. The van der Waals surface area contributed by atoms with Crippen LogP contribution >= 0.6 is 0 Å². The summed E-state index contributed by atoms with van der Waals surface area (Å²) in [4.78, 5) is 46.9. The van der Waals surface area contributed by atoms with E-state index >= 15 is 0 Å². The average Bonchev–Trinajstić information content (AvgIpc) is 3.87. The zero-order chi connectivity index (χ0) is 41.6. The zero-order valence-corrected chi connectivity index (χ0v) is 33.8. The maximum atomic E-state index is 14.2. The van der Waals surface area contributed by atoms with Crippen molar-refractivity contribution < 1.29 is 32.6 Å². The van der Waals surface area contributed by atoms with Crippen molar-refractivity contribution in [1.82, 2.24) is 34.6 Å². The Morgan fingerprint density at radius 2 is 1.83 bits per heavy atom. The Hall–Kier alpha value is -5.74. The lowest BCUT2D eigenvalue weighted by Crippen LogP contribution is -2.37. The van der Waals surface area contributed by atoms with Gasteiger partial charge in [-0.3, -0.25) is 24.4 Å². The Kier molecular flexibility index (Phi) is 12.8. The highest BCUT2D eigenvalue weighted by atomic mass is 19.3. The SMILES string of the molecule is CN(CCCCCCc1cccc(Oc2cccc3c2C(=O)NC(=O)C3)c1)CC1CCC(n2cc(NC(=O)c3cnn4ccc(N5CCOCC5)nc34)c(C(F)F)n2)CC1. The van der Waals surface area contributed by atoms with Crippen LogP contribution in [0.1, 0.15) is 101 Å². The summed E-state index contributed by atoms with van der Waals surface area (Å²) < 4.78 is 43.1. The van der Waals surface area contributed by atoms with Gasteiger partial charge < -0.3 is 24.6 Å². The molecule has 8 rings (SSSR count). The Labute approximate surface area is 347 Å². The van der Waals surface area contributed by atoms with E-state index in [2.05, 4.69) is 48.7 Å². The first kappa shape index (κ1) is 41.0. The van der Waals surface area contributed by atoms with Gasteiger partial charge in [0.05, 0.1) is 43.1 Å². The molecular formula is C44H51F2N9O5. The highest BCUT2D eigenvalue weighted by molar-refractivity contribution is 6.11. The number of carbonyl (C=O) groups is 3. The summed E-state index contributed by atoms with van der Waals surface area (Å²) in [5, 5.41) is 13.6. The number of ether oxygens (including phenoxy) is 2. The van der Waals surface area contributed by atoms with Crippen molar-refractivity contribution in [3.05, 3.63) is 95.1 Å². The van der Waals surface area contributed by atoms with Gasteiger partial charge in [0.25, 0.3) is 18.2 Å². The van der Waals surface area contributed by atoms with Gasteiger partial charge in [-0.25, -0.2) is 18.3 Å². The second-order valence-electron chi connectivity index (χ2n) is 16.1. The lowest BCUT2D eigenvalue weighted by atomic mass is 9.86. The van der Waals surface area contributed by atoms with E-state index in [0.29, 0.717) is 66.3 Å². The van der Waals surface area contributed by atoms with E-state index in [9.17, 15) is 23.2 Å². The largest absolute Gasteiger partial charge is 0.457 e. The number of hydrogen-bond acceptors (Lipinski definition) is 10. The Bertz CT molecular complexity index is 2320. The topological polar surface area (TPSA) is 148 Å². The van der Waals surface area contributed by atoms with Crippen molar-refractivity contribution in [2.24, 2.45) is 5.92 Å². The number of nitrogens with one attached hydrogen (secondary N) is 2. The summed E-state index contributed by atoms with van der Waals surface area (Å²) in [5.74, 6) is 1.03. The fourth-order valence-corrected chi connectivity index (χ4v) is 8.58. The molecule has 2 fully saturated rings. The van der Waals surface area contributed by atoms with Crippen LogP contribution in [0.2, 0.25) is 0 Å². The number of nitrogens with zero attached hydrogens (tertiary/aromatic N) is 7. The average molecular weight is 824 g/mol. The molecule has 316 valence electrons. The summed E-state index contributed by atoms with van der Waals surface area (Å²) in [6, 6.07) is 15.1. The molecule has 0 atom stereocenters. The molecule has 3 amide bonds. The Morgan fingerprint density at radius 1 is 1.03 bits per heavy atom. The first-order valence-electron chi connectivity index (χ1n) is 21.0. The van der Waals surface area contributed by atoms with Gasteiger partial charge in [0.15, 0.2) is 11.3 Å². The van der Waals surface area contributed by atoms with Gasteiger partial charge in [-0.15, -0.1) is 0 Å². The molecule has 3 aliphatic rings. The highest BCUT2D eigenvalue weighted by Crippen LogP contribution is 2.36. The quantitative estimate of drug-likeness (QED) is 0.0786. The number of aryl methyl sites for hydroxylation is 1. The zero-order valence-electron chi connectivity index (χ0n) is 33.8. The number of anilines is 2. The first-order valence-corrected chi connectivity index (χ1v) is 21.0. The standard InChI is InChI=1S/C44H51F2N9O5/c1-52(18-5-3-2-4-8-29-9-6-11-33(24-29)60-36-12-7-10-31-25-38(56)50-44(58)39(31)36)27-30-13-15-32(16-14-30)55-28-35(40(51-55)41(45)46)48-43(57)34-26-47-54-19-17-37(49-42(34)54)53-20-22-59-23-21-53/h6-7,9-12,17,19,24,26,28,30,32,41H,2-5,8,13-16,18,20-23,25,27H2,1H3,(H,48,57)(H,50,56,58). The minimum atomic E-state index is -2.85. The number of carbonyl (C=O) groups excluding carboxylic acids is 3. The lowest BCUT2D eigenvalue weighted by molar-refractivity contribution is -0.119. The number of halogens is 2. The van der Waals surface area contributed by atoms with Crippen LogP contribution in [0.4, 0.5) is 20.3 Å². The number of rotatable bonds is 16. The number of amides is 3. The van der Waals surface area contributed by atoms with Gasteiger partial charge in [-0.2, -0.15) is 10.2 Å². The molecule has 0 radical (unpaired) electrons. The fraction of sp³-hybridized carbons (Fsp3) is 0.455. The molecule has 16 heteroatoms. The number of alkyl halides is 2. The third-order valence-corrected chi connectivity index (χ3v) is 11.7. The van der Waals surface area contributed by atoms with Crippen LogP contribution in [0.5, 0.6) is 11.5 Å². The van der Waals surface area contributed by atoms with E-state index in [1.54, 1.807) is 35.3 Å². The Morgan fingerprint density at radius 3 is 2.65 bits per heavy atom. The molecule has 5 heterocycles. The summed E-state index contributed by atoms with van der Waals surface area (Å²) >= 11 is 0. The van der Waals surface area contributed by atoms with E-state index in [0.717, 1.165) is 70.9 Å². The van der Waals surface area contributed by atoms with Crippen LogP contribution < -0.4 is 20.3 Å². The molecule has 1 aliphatic carbocycles. The van der Waals surface area contributed by atoms with Gasteiger partial charge in [0, 0.05) is 32.0 Å². The molecule has 2 N–H and O–H groups in total. The molecule has 2 aromatic carbocycles. The number of aromatic nitrogens is 5. The molecule has 2 aliphatic heterocycles.